The van der Waals surface area contributed by atoms with E-state index in [-0.39, 0.29) is 11.9 Å². The van der Waals surface area contributed by atoms with Crippen molar-refractivity contribution in [3.05, 3.63) is 30.1 Å². The lowest BCUT2D eigenvalue weighted by molar-refractivity contribution is -0.134. The van der Waals surface area contributed by atoms with Crippen LogP contribution in [0.25, 0.3) is 0 Å². The van der Waals surface area contributed by atoms with Gasteiger partial charge in [-0.25, -0.2) is 4.79 Å². The van der Waals surface area contributed by atoms with Crippen molar-refractivity contribution >= 4 is 12.0 Å². The number of nitrogens with one attached hydrogen (secondary N) is 1. The highest BCUT2D eigenvalue weighted by Crippen LogP contribution is 2.28. The van der Waals surface area contributed by atoms with Gasteiger partial charge in [0.15, 0.2) is 0 Å². The molecule has 0 bridgehead atoms. The standard InChI is InChI=1S/C14H19N3O3/c1-10(16-14(19)20-2)13(18)17(12-3-4-12)9-11-5-7-15-8-6-11/h5-8,10,12H,3-4,9H2,1-2H3,(H,16,19)/t10-/m0/s1. The lowest BCUT2D eigenvalue weighted by Gasteiger charge is -2.26. The summed E-state index contributed by atoms with van der Waals surface area (Å²) in [6, 6.07) is 3.46. The van der Waals surface area contributed by atoms with Crippen molar-refractivity contribution in [3.8, 4) is 0 Å². The van der Waals surface area contributed by atoms with Gasteiger partial charge in [0.25, 0.3) is 0 Å². The predicted octanol–water partition coefficient (Wildman–Crippen LogP) is 1.32. The third kappa shape index (κ3) is 3.69. The number of hydrogen-bond donors (Lipinski definition) is 1. The molecule has 6 nitrogen and oxygen atoms in total. The number of alkyl carbamates (subject to hydrolysis) is 1. The van der Waals surface area contributed by atoms with E-state index in [4.69, 9.17) is 0 Å². The second-order valence-corrected chi connectivity index (χ2v) is 4.91. The highest BCUT2D eigenvalue weighted by molar-refractivity contribution is 5.85. The van der Waals surface area contributed by atoms with Crippen LogP contribution in [0.15, 0.2) is 24.5 Å². The molecule has 1 heterocycles. The molecule has 2 amide bonds. The molecule has 1 N–H and O–H groups in total. The minimum absolute atomic E-state index is 0.0882. The summed E-state index contributed by atoms with van der Waals surface area (Å²) in [7, 11) is 1.28. The van der Waals surface area contributed by atoms with Crippen LogP contribution < -0.4 is 5.32 Å². The monoisotopic (exact) mass is 277 g/mol. The number of methoxy groups -OCH3 is 1. The highest BCUT2D eigenvalue weighted by atomic mass is 16.5. The van der Waals surface area contributed by atoms with Gasteiger partial charge in [0.05, 0.1) is 7.11 Å². The molecule has 1 aromatic heterocycles. The molecule has 0 radical (unpaired) electrons. The lowest BCUT2D eigenvalue weighted by atomic mass is 10.2. The molecule has 1 saturated carbocycles. The Balaban J connectivity index is 2.01. The van der Waals surface area contributed by atoms with Gasteiger partial charge in [-0.05, 0) is 37.5 Å². The zero-order chi connectivity index (χ0) is 14.5. The van der Waals surface area contributed by atoms with E-state index in [0.717, 1.165) is 18.4 Å². The van der Waals surface area contributed by atoms with E-state index >= 15 is 0 Å². The van der Waals surface area contributed by atoms with E-state index in [1.54, 1.807) is 19.3 Å². The van der Waals surface area contributed by atoms with Crippen LogP contribution >= 0.6 is 0 Å². The first-order chi connectivity index (χ1) is 9.61. The minimum atomic E-state index is -0.593. The number of amides is 2. The van der Waals surface area contributed by atoms with E-state index in [2.05, 4.69) is 15.0 Å². The van der Waals surface area contributed by atoms with Crippen molar-refractivity contribution in [2.75, 3.05) is 7.11 Å². The molecule has 1 aliphatic carbocycles. The Kier molecular flexibility index (Phi) is 4.55. The van der Waals surface area contributed by atoms with Gasteiger partial charge in [0.1, 0.15) is 6.04 Å². The zero-order valence-electron chi connectivity index (χ0n) is 11.7. The number of carbonyl (C=O) groups excluding carboxylic acids is 2. The summed E-state index contributed by atoms with van der Waals surface area (Å²) in [5.41, 5.74) is 1.03. The fraction of sp³-hybridized carbons (Fsp3) is 0.500. The van der Waals surface area contributed by atoms with Crippen LogP contribution in [0, 0.1) is 0 Å². The van der Waals surface area contributed by atoms with E-state index < -0.39 is 12.1 Å². The molecule has 2 rings (SSSR count). The molecule has 1 atom stereocenters. The van der Waals surface area contributed by atoms with Gasteiger partial charge in [-0.1, -0.05) is 0 Å². The van der Waals surface area contributed by atoms with Crippen LogP contribution in [0.4, 0.5) is 4.79 Å². The number of hydrogen-bond acceptors (Lipinski definition) is 4. The number of ether oxygens (including phenoxy) is 1. The normalized spacial score (nSPS) is 15.3. The number of carbonyl (C=O) groups is 2. The van der Waals surface area contributed by atoms with E-state index in [1.165, 1.54) is 7.11 Å². The molecule has 0 spiro atoms. The molecule has 0 aliphatic heterocycles. The third-order valence-corrected chi connectivity index (χ3v) is 3.26. The Morgan fingerprint density at radius 2 is 2.10 bits per heavy atom. The maximum atomic E-state index is 12.4. The van der Waals surface area contributed by atoms with Gasteiger partial charge >= 0.3 is 6.09 Å². The first-order valence-electron chi connectivity index (χ1n) is 6.65. The minimum Gasteiger partial charge on any atom is -0.453 e. The SMILES string of the molecule is COC(=O)N[C@@H](C)C(=O)N(Cc1ccncc1)C1CC1. The summed E-state index contributed by atoms with van der Waals surface area (Å²) in [4.78, 5) is 29.4. The fourth-order valence-corrected chi connectivity index (χ4v) is 2.00. The van der Waals surface area contributed by atoms with Crippen molar-refractivity contribution in [3.63, 3.8) is 0 Å². The Morgan fingerprint density at radius 1 is 1.45 bits per heavy atom. The topological polar surface area (TPSA) is 71.5 Å². The molecule has 0 unspecified atom stereocenters. The average molecular weight is 277 g/mol. The molecule has 1 aromatic rings. The largest absolute Gasteiger partial charge is 0.453 e. The molecule has 0 aromatic carbocycles. The molecule has 1 fully saturated rings. The van der Waals surface area contributed by atoms with Crippen molar-refractivity contribution in [1.82, 2.24) is 15.2 Å². The molecule has 6 heteroatoms. The molecular weight excluding hydrogens is 258 g/mol. The number of rotatable bonds is 5. The van der Waals surface area contributed by atoms with E-state index in [9.17, 15) is 9.59 Å². The number of aromatic nitrogens is 1. The number of pyridine rings is 1. The van der Waals surface area contributed by atoms with Crippen LogP contribution in [-0.2, 0) is 16.1 Å². The number of nitrogens with zero attached hydrogens (tertiary/aromatic N) is 2. The average Bonchev–Trinajstić information content (AvgIpc) is 3.29. The maximum absolute atomic E-state index is 12.4. The first kappa shape index (κ1) is 14.3. The van der Waals surface area contributed by atoms with Crippen LogP contribution in [0.2, 0.25) is 0 Å². The van der Waals surface area contributed by atoms with Crippen molar-refractivity contribution in [2.45, 2.75) is 38.4 Å². The summed E-state index contributed by atoms with van der Waals surface area (Å²) in [5, 5.41) is 2.51. The Hall–Kier alpha value is -2.11. The first-order valence-corrected chi connectivity index (χ1v) is 6.65. The quantitative estimate of drug-likeness (QED) is 0.881. The molecule has 108 valence electrons. The Labute approximate surface area is 118 Å². The third-order valence-electron chi connectivity index (χ3n) is 3.26. The van der Waals surface area contributed by atoms with Gasteiger partial charge in [0, 0.05) is 25.0 Å². The van der Waals surface area contributed by atoms with Crippen molar-refractivity contribution in [2.24, 2.45) is 0 Å². The second kappa shape index (κ2) is 6.36. The lowest BCUT2D eigenvalue weighted by Crippen LogP contribution is -2.47. The smallest absolute Gasteiger partial charge is 0.407 e. The van der Waals surface area contributed by atoms with Crippen LogP contribution in [0.1, 0.15) is 25.3 Å². The molecule has 1 aliphatic rings. The van der Waals surface area contributed by atoms with Gasteiger partial charge in [-0.2, -0.15) is 0 Å². The summed E-state index contributed by atoms with van der Waals surface area (Å²) in [5.74, 6) is -0.0882. The fourth-order valence-electron chi connectivity index (χ4n) is 2.00. The maximum Gasteiger partial charge on any atom is 0.407 e. The summed E-state index contributed by atoms with van der Waals surface area (Å²) in [6.07, 6.45) is 4.86. The van der Waals surface area contributed by atoms with Gasteiger partial charge in [0.2, 0.25) is 5.91 Å². The van der Waals surface area contributed by atoms with E-state index in [0.29, 0.717) is 6.54 Å². The second-order valence-electron chi connectivity index (χ2n) is 4.91. The summed E-state index contributed by atoms with van der Waals surface area (Å²) in [6.45, 7) is 2.21. The van der Waals surface area contributed by atoms with Gasteiger partial charge in [-0.3, -0.25) is 9.78 Å². The van der Waals surface area contributed by atoms with Crippen LogP contribution in [-0.4, -0.2) is 41.1 Å². The van der Waals surface area contributed by atoms with Crippen molar-refractivity contribution < 1.29 is 14.3 Å². The summed E-state index contributed by atoms with van der Waals surface area (Å²) < 4.78 is 4.52. The van der Waals surface area contributed by atoms with Crippen LogP contribution in [0.3, 0.4) is 0 Å². The van der Waals surface area contributed by atoms with Gasteiger partial charge < -0.3 is 15.0 Å². The van der Waals surface area contributed by atoms with Crippen LogP contribution in [0.5, 0.6) is 0 Å². The predicted molar refractivity (Wildman–Crippen MR) is 72.8 cm³/mol. The molecule has 0 saturated heterocycles. The zero-order valence-corrected chi connectivity index (χ0v) is 11.7. The van der Waals surface area contributed by atoms with Gasteiger partial charge in [-0.15, -0.1) is 0 Å². The Bertz CT molecular complexity index is 474. The highest BCUT2D eigenvalue weighted by Gasteiger charge is 2.35. The molecular formula is C14H19N3O3. The van der Waals surface area contributed by atoms with Crippen molar-refractivity contribution in [1.29, 1.82) is 0 Å². The Morgan fingerprint density at radius 3 is 2.65 bits per heavy atom. The van der Waals surface area contributed by atoms with E-state index in [1.807, 2.05) is 17.0 Å². The summed E-state index contributed by atoms with van der Waals surface area (Å²) >= 11 is 0. The molecule has 20 heavy (non-hydrogen) atoms.